The van der Waals surface area contributed by atoms with Gasteiger partial charge in [0.15, 0.2) is 0 Å². The third-order valence-electron chi connectivity index (χ3n) is 11.1. The molecule has 0 aromatic heterocycles. The van der Waals surface area contributed by atoms with Gasteiger partial charge in [-0.1, -0.05) is 218 Å². The molecule has 0 radical (unpaired) electrons. The van der Waals surface area contributed by atoms with Gasteiger partial charge in [-0.05, 0) is 44.9 Å². The minimum Gasteiger partial charge on any atom is -0.457 e. The maximum absolute atomic E-state index is 12.7. The number of esters is 1. The van der Waals surface area contributed by atoms with Crippen LogP contribution in [0.1, 0.15) is 245 Å². The molecule has 60 heavy (non-hydrogen) atoms. The molecule has 10 heteroatoms. The molecule has 0 aromatic rings. The van der Waals surface area contributed by atoms with Crippen LogP contribution < -0.4 is 0 Å². The minimum absolute atomic E-state index is 0.0525. The van der Waals surface area contributed by atoms with E-state index in [0.29, 0.717) is 6.61 Å². The summed E-state index contributed by atoms with van der Waals surface area (Å²) in [5.74, 6) is -0.382. The zero-order valence-corrected chi connectivity index (χ0v) is 40.1. The average Bonchev–Trinajstić information content (AvgIpc) is 3.24. The molecule has 0 fully saturated rings. The molecular formula is C50H97O9P. The summed E-state index contributed by atoms with van der Waals surface area (Å²) in [4.78, 5) is 22.7. The lowest BCUT2D eigenvalue weighted by Gasteiger charge is -2.20. The highest BCUT2D eigenvalue weighted by Crippen LogP contribution is 2.43. The summed E-state index contributed by atoms with van der Waals surface area (Å²) in [5.41, 5.74) is 0. The standard InChI is InChI=1S/C50H97O9P/c1-3-5-7-9-11-13-15-17-19-21-23-25-27-29-31-33-35-37-39-41-43-56-46-49(47-58-60(54,55)57-45-48(52)44-51)59-50(53)42-40-38-36-34-32-30-28-26-24-22-20-18-16-14-12-10-8-6-4-2/h12,14,18,20,48-49,51-52H,3-11,13,15-17,19,21-47H2,1-2H3,(H,54,55)/b14-12-,20-18-. The van der Waals surface area contributed by atoms with E-state index in [-0.39, 0.29) is 25.6 Å². The number of rotatable bonds is 49. The lowest BCUT2D eigenvalue weighted by Crippen LogP contribution is -2.29. The van der Waals surface area contributed by atoms with Crippen molar-refractivity contribution in [2.75, 3.05) is 33.0 Å². The fourth-order valence-electron chi connectivity index (χ4n) is 7.27. The van der Waals surface area contributed by atoms with E-state index in [2.05, 4.69) is 38.2 Å². The molecule has 0 heterocycles. The normalized spacial score (nSPS) is 14.0. The number of unbranched alkanes of at least 4 members (excludes halogenated alkanes) is 31. The molecule has 0 aliphatic heterocycles. The number of carbonyl (C=O) groups is 1. The Morgan fingerprint density at radius 2 is 0.900 bits per heavy atom. The van der Waals surface area contributed by atoms with E-state index in [1.807, 2.05) is 0 Å². The zero-order valence-electron chi connectivity index (χ0n) is 39.2. The van der Waals surface area contributed by atoms with E-state index in [9.17, 15) is 19.4 Å². The number of phosphoric ester groups is 1. The molecule has 0 amide bonds. The molecule has 3 N–H and O–H groups in total. The smallest absolute Gasteiger partial charge is 0.457 e. The second-order valence-electron chi connectivity index (χ2n) is 17.2. The van der Waals surface area contributed by atoms with E-state index in [4.69, 9.17) is 23.6 Å². The summed E-state index contributed by atoms with van der Waals surface area (Å²) < 4.78 is 33.5. The molecule has 0 bridgehead atoms. The first-order valence-corrected chi connectivity index (χ1v) is 26.8. The van der Waals surface area contributed by atoms with Gasteiger partial charge in [-0.2, -0.15) is 0 Å². The Balaban J connectivity index is 4.06. The molecule has 0 aromatic carbocycles. The van der Waals surface area contributed by atoms with Crippen LogP contribution in [0.25, 0.3) is 0 Å². The van der Waals surface area contributed by atoms with Gasteiger partial charge in [0.05, 0.1) is 26.4 Å². The first-order valence-electron chi connectivity index (χ1n) is 25.3. The van der Waals surface area contributed by atoms with Gasteiger partial charge in [0.2, 0.25) is 0 Å². The molecule has 0 aliphatic carbocycles. The summed E-state index contributed by atoms with van der Waals surface area (Å²) in [5, 5.41) is 18.4. The monoisotopic (exact) mass is 873 g/mol. The Kier molecular flexibility index (Phi) is 46.6. The van der Waals surface area contributed by atoms with Crippen molar-refractivity contribution < 1.29 is 43.0 Å². The Labute approximate surface area is 370 Å². The number of aliphatic hydroxyl groups is 2. The fraction of sp³-hybridized carbons (Fsp3) is 0.900. The number of ether oxygens (including phenoxy) is 2. The Morgan fingerprint density at radius 3 is 1.37 bits per heavy atom. The van der Waals surface area contributed by atoms with E-state index in [0.717, 1.165) is 38.5 Å². The van der Waals surface area contributed by atoms with E-state index >= 15 is 0 Å². The van der Waals surface area contributed by atoms with Crippen molar-refractivity contribution in [1.82, 2.24) is 0 Å². The van der Waals surface area contributed by atoms with Crippen molar-refractivity contribution in [3.63, 3.8) is 0 Å². The summed E-state index contributed by atoms with van der Waals surface area (Å²) in [7, 11) is -4.52. The summed E-state index contributed by atoms with van der Waals surface area (Å²) in [6.45, 7) is 3.55. The van der Waals surface area contributed by atoms with Crippen molar-refractivity contribution in [2.24, 2.45) is 0 Å². The number of phosphoric acid groups is 1. The van der Waals surface area contributed by atoms with Gasteiger partial charge in [-0.25, -0.2) is 4.57 Å². The predicted octanol–water partition coefficient (Wildman–Crippen LogP) is 14.6. The van der Waals surface area contributed by atoms with Gasteiger partial charge in [0.25, 0.3) is 0 Å². The molecule has 0 saturated heterocycles. The van der Waals surface area contributed by atoms with Gasteiger partial charge in [-0.15, -0.1) is 0 Å². The van der Waals surface area contributed by atoms with Gasteiger partial charge >= 0.3 is 13.8 Å². The minimum atomic E-state index is -4.52. The van der Waals surface area contributed by atoms with Gasteiger partial charge in [0, 0.05) is 13.0 Å². The molecule has 3 unspecified atom stereocenters. The van der Waals surface area contributed by atoms with E-state index < -0.39 is 33.2 Å². The fourth-order valence-corrected chi connectivity index (χ4v) is 8.06. The predicted molar refractivity (Wildman–Crippen MR) is 251 cm³/mol. The number of aliphatic hydroxyl groups excluding tert-OH is 2. The van der Waals surface area contributed by atoms with Crippen LogP contribution in [0.2, 0.25) is 0 Å². The average molecular weight is 873 g/mol. The second kappa shape index (κ2) is 47.4. The van der Waals surface area contributed by atoms with Gasteiger partial charge in [0.1, 0.15) is 12.2 Å². The highest BCUT2D eigenvalue weighted by Gasteiger charge is 2.26. The second-order valence-corrected chi connectivity index (χ2v) is 18.6. The largest absolute Gasteiger partial charge is 0.472 e. The number of hydrogen-bond acceptors (Lipinski definition) is 8. The van der Waals surface area contributed by atoms with Crippen LogP contribution in [-0.4, -0.2) is 66.3 Å². The Morgan fingerprint density at radius 1 is 0.517 bits per heavy atom. The van der Waals surface area contributed by atoms with Crippen LogP contribution in [0, 0.1) is 0 Å². The van der Waals surface area contributed by atoms with E-state index in [1.165, 1.54) is 186 Å². The van der Waals surface area contributed by atoms with Crippen molar-refractivity contribution in [3.05, 3.63) is 24.3 Å². The van der Waals surface area contributed by atoms with Gasteiger partial charge < -0.3 is 24.6 Å². The van der Waals surface area contributed by atoms with Crippen LogP contribution in [0.15, 0.2) is 24.3 Å². The maximum Gasteiger partial charge on any atom is 0.472 e. The van der Waals surface area contributed by atoms with Crippen molar-refractivity contribution in [2.45, 2.75) is 257 Å². The number of hydrogen-bond donors (Lipinski definition) is 3. The lowest BCUT2D eigenvalue weighted by molar-refractivity contribution is -0.154. The quantitative estimate of drug-likeness (QED) is 0.0237. The van der Waals surface area contributed by atoms with Crippen LogP contribution in [-0.2, 0) is 27.9 Å². The molecule has 3 atom stereocenters. The van der Waals surface area contributed by atoms with Crippen LogP contribution in [0.5, 0.6) is 0 Å². The molecule has 9 nitrogen and oxygen atoms in total. The summed E-state index contributed by atoms with van der Waals surface area (Å²) >= 11 is 0. The van der Waals surface area contributed by atoms with Crippen LogP contribution in [0.4, 0.5) is 0 Å². The van der Waals surface area contributed by atoms with Gasteiger partial charge in [-0.3, -0.25) is 13.8 Å². The molecule has 0 saturated carbocycles. The van der Waals surface area contributed by atoms with Crippen LogP contribution >= 0.6 is 7.82 Å². The lowest BCUT2D eigenvalue weighted by atomic mass is 10.0. The Hall–Kier alpha value is -1.06. The maximum atomic E-state index is 12.7. The summed E-state index contributed by atoms with van der Waals surface area (Å²) in [6, 6.07) is 0. The van der Waals surface area contributed by atoms with E-state index in [1.54, 1.807) is 0 Å². The van der Waals surface area contributed by atoms with Crippen LogP contribution in [0.3, 0.4) is 0 Å². The Bertz CT molecular complexity index is 991. The van der Waals surface area contributed by atoms with Crippen molar-refractivity contribution >= 4 is 13.8 Å². The zero-order chi connectivity index (χ0) is 43.9. The molecule has 0 aliphatic rings. The highest BCUT2D eigenvalue weighted by molar-refractivity contribution is 7.47. The topological polar surface area (TPSA) is 132 Å². The molecule has 356 valence electrons. The van der Waals surface area contributed by atoms with Crippen molar-refractivity contribution in [3.8, 4) is 0 Å². The highest BCUT2D eigenvalue weighted by atomic mass is 31.2. The summed E-state index contributed by atoms with van der Waals surface area (Å²) in [6.07, 6.45) is 51.4. The third kappa shape index (κ3) is 46.4. The SMILES string of the molecule is CCCCC/C=C\C/C=C\CCCCCCCCCCCC(=O)OC(COCCCCCCCCCCCCCCCCCCCCCC)COP(=O)(O)OCC(O)CO. The first-order chi connectivity index (χ1) is 29.3. The van der Waals surface area contributed by atoms with Crippen molar-refractivity contribution in [1.29, 1.82) is 0 Å². The number of allylic oxidation sites excluding steroid dienone is 4. The molecule has 0 spiro atoms. The molecule has 0 rings (SSSR count). The third-order valence-corrected chi connectivity index (χ3v) is 12.1. The number of carbonyl (C=O) groups excluding carboxylic acids is 1. The first kappa shape index (κ1) is 58.9. The molecular weight excluding hydrogens is 776 g/mol.